The first-order valence-corrected chi connectivity index (χ1v) is 5.01. The highest BCUT2D eigenvalue weighted by Gasteiger charge is 2.20. The molecule has 0 aromatic carbocycles. The first kappa shape index (κ1) is 12.3. The minimum Gasteiger partial charge on any atom is -0.468 e. The van der Waals surface area contributed by atoms with Crippen LogP contribution in [0, 0.1) is 6.92 Å². The van der Waals surface area contributed by atoms with Crippen LogP contribution in [0.25, 0.3) is 0 Å². The summed E-state index contributed by atoms with van der Waals surface area (Å²) in [5, 5.41) is 0. The zero-order valence-corrected chi connectivity index (χ0v) is 9.65. The highest BCUT2D eigenvalue weighted by Crippen LogP contribution is 2.09. The number of esters is 1. The number of carbonyl (C=O) groups excluding carboxylic acids is 2. The van der Waals surface area contributed by atoms with Crippen LogP contribution in [0.3, 0.4) is 0 Å². The SMILES string of the molecule is CCN(CC(=O)OC)C(=O)c1ccc(C)o1. The smallest absolute Gasteiger partial charge is 0.325 e. The van der Waals surface area contributed by atoms with Crippen molar-refractivity contribution in [2.24, 2.45) is 0 Å². The maximum atomic E-state index is 11.9. The molecule has 0 aliphatic carbocycles. The van der Waals surface area contributed by atoms with Gasteiger partial charge >= 0.3 is 5.97 Å². The molecule has 0 saturated carbocycles. The Morgan fingerprint density at radius 2 is 2.12 bits per heavy atom. The zero-order chi connectivity index (χ0) is 12.1. The van der Waals surface area contributed by atoms with E-state index in [2.05, 4.69) is 4.74 Å². The summed E-state index contributed by atoms with van der Waals surface area (Å²) in [4.78, 5) is 24.3. The van der Waals surface area contributed by atoms with Crippen molar-refractivity contribution in [3.63, 3.8) is 0 Å². The molecule has 0 atom stereocenters. The molecule has 1 rings (SSSR count). The molecule has 1 aromatic heterocycles. The molecule has 0 fully saturated rings. The van der Waals surface area contributed by atoms with E-state index < -0.39 is 5.97 Å². The van der Waals surface area contributed by atoms with Crippen LogP contribution in [-0.4, -0.2) is 37.0 Å². The van der Waals surface area contributed by atoms with Crippen molar-refractivity contribution in [2.45, 2.75) is 13.8 Å². The lowest BCUT2D eigenvalue weighted by molar-refractivity contribution is -0.141. The van der Waals surface area contributed by atoms with E-state index in [4.69, 9.17) is 4.42 Å². The van der Waals surface area contributed by atoms with E-state index in [9.17, 15) is 9.59 Å². The number of hydrogen-bond acceptors (Lipinski definition) is 4. The summed E-state index contributed by atoms with van der Waals surface area (Å²) in [7, 11) is 1.29. The van der Waals surface area contributed by atoms with E-state index in [1.165, 1.54) is 12.0 Å². The van der Waals surface area contributed by atoms with Gasteiger partial charge in [0.05, 0.1) is 7.11 Å². The van der Waals surface area contributed by atoms with Crippen LogP contribution >= 0.6 is 0 Å². The number of rotatable bonds is 4. The van der Waals surface area contributed by atoms with E-state index in [1.54, 1.807) is 26.0 Å². The number of carbonyl (C=O) groups is 2. The Kier molecular flexibility index (Phi) is 4.10. The molecule has 0 saturated heterocycles. The number of aryl methyl sites for hydroxylation is 1. The number of furan rings is 1. The maximum Gasteiger partial charge on any atom is 0.325 e. The van der Waals surface area contributed by atoms with E-state index in [1.807, 2.05) is 0 Å². The van der Waals surface area contributed by atoms with E-state index in [0.717, 1.165) is 0 Å². The molecule has 0 bridgehead atoms. The quantitative estimate of drug-likeness (QED) is 0.723. The lowest BCUT2D eigenvalue weighted by atomic mass is 10.3. The molecule has 88 valence electrons. The molecule has 0 radical (unpaired) electrons. The first-order valence-electron chi connectivity index (χ1n) is 5.01. The molecule has 1 heterocycles. The van der Waals surface area contributed by atoms with Gasteiger partial charge < -0.3 is 14.1 Å². The number of likely N-dealkylation sites (N-methyl/N-ethyl adjacent to an activating group) is 1. The molecule has 0 spiro atoms. The summed E-state index contributed by atoms with van der Waals surface area (Å²) in [6.07, 6.45) is 0. The van der Waals surface area contributed by atoms with Crippen LogP contribution in [0.5, 0.6) is 0 Å². The summed E-state index contributed by atoms with van der Waals surface area (Å²) < 4.78 is 9.71. The topological polar surface area (TPSA) is 59.8 Å². The van der Waals surface area contributed by atoms with Crippen LogP contribution in [0.15, 0.2) is 16.5 Å². The van der Waals surface area contributed by atoms with Gasteiger partial charge in [0.1, 0.15) is 12.3 Å². The average molecular weight is 225 g/mol. The van der Waals surface area contributed by atoms with Crippen LogP contribution in [-0.2, 0) is 9.53 Å². The Balaban J connectivity index is 2.73. The van der Waals surface area contributed by atoms with Gasteiger partial charge in [0.15, 0.2) is 5.76 Å². The second-order valence-electron chi connectivity index (χ2n) is 3.31. The Morgan fingerprint density at radius 3 is 2.56 bits per heavy atom. The number of hydrogen-bond donors (Lipinski definition) is 0. The minimum atomic E-state index is -0.446. The number of nitrogens with zero attached hydrogens (tertiary/aromatic N) is 1. The first-order chi connectivity index (χ1) is 7.58. The van der Waals surface area contributed by atoms with Crippen molar-refractivity contribution < 1.29 is 18.7 Å². The van der Waals surface area contributed by atoms with Crippen molar-refractivity contribution in [2.75, 3.05) is 20.2 Å². The van der Waals surface area contributed by atoms with Gasteiger partial charge in [0, 0.05) is 6.54 Å². The predicted octanol–water partition coefficient (Wildman–Crippen LogP) is 1.22. The molecule has 1 aromatic rings. The van der Waals surface area contributed by atoms with Gasteiger partial charge in [0.2, 0.25) is 0 Å². The van der Waals surface area contributed by atoms with Gasteiger partial charge in [-0.2, -0.15) is 0 Å². The van der Waals surface area contributed by atoms with Crippen molar-refractivity contribution in [1.29, 1.82) is 0 Å². The molecule has 0 aliphatic heterocycles. The van der Waals surface area contributed by atoms with Crippen molar-refractivity contribution >= 4 is 11.9 Å². The average Bonchev–Trinajstić information content (AvgIpc) is 2.71. The zero-order valence-electron chi connectivity index (χ0n) is 9.65. The maximum absolute atomic E-state index is 11.9. The Morgan fingerprint density at radius 1 is 1.44 bits per heavy atom. The predicted molar refractivity (Wildman–Crippen MR) is 57.0 cm³/mol. The summed E-state index contributed by atoms with van der Waals surface area (Å²) in [6, 6.07) is 3.30. The Labute approximate surface area is 94.0 Å². The molecule has 0 aliphatic rings. The molecular formula is C11H15NO4. The Bertz CT molecular complexity index is 383. The van der Waals surface area contributed by atoms with E-state index in [0.29, 0.717) is 12.3 Å². The summed E-state index contributed by atoms with van der Waals surface area (Å²) >= 11 is 0. The summed E-state index contributed by atoms with van der Waals surface area (Å²) in [5.41, 5.74) is 0. The van der Waals surface area contributed by atoms with Crippen molar-refractivity contribution in [1.82, 2.24) is 4.90 Å². The Hall–Kier alpha value is -1.78. The van der Waals surface area contributed by atoms with Gasteiger partial charge in [-0.3, -0.25) is 9.59 Å². The third kappa shape index (κ3) is 2.85. The largest absolute Gasteiger partial charge is 0.468 e. The highest BCUT2D eigenvalue weighted by atomic mass is 16.5. The van der Waals surface area contributed by atoms with E-state index >= 15 is 0 Å². The van der Waals surface area contributed by atoms with Gasteiger partial charge in [-0.05, 0) is 26.0 Å². The van der Waals surface area contributed by atoms with Gasteiger partial charge in [-0.1, -0.05) is 0 Å². The second kappa shape index (κ2) is 5.34. The van der Waals surface area contributed by atoms with Crippen LogP contribution < -0.4 is 0 Å². The fourth-order valence-electron chi connectivity index (χ4n) is 1.25. The summed E-state index contributed by atoms with van der Waals surface area (Å²) in [6.45, 7) is 3.91. The lowest BCUT2D eigenvalue weighted by Gasteiger charge is -2.17. The standard InChI is InChI=1S/C11H15NO4/c1-4-12(7-10(13)15-3)11(14)9-6-5-8(2)16-9/h5-6H,4,7H2,1-3H3. The monoisotopic (exact) mass is 225 g/mol. The second-order valence-corrected chi connectivity index (χ2v) is 3.31. The lowest BCUT2D eigenvalue weighted by Crippen LogP contribution is -2.35. The normalized spacial score (nSPS) is 9.94. The van der Waals surface area contributed by atoms with Crippen molar-refractivity contribution in [3.8, 4) is 0 Å². The van der Waals surface area contributed by atoms with Crippen LogP contribution in [0.1, 0.15) is 23.2 Å². The molecular weight excluding hydrogens is 210 g/mol. The molecule has 1 amide bonds. The molecule has 5 nitrogen and oxygen atoms in total. The highest BCUT2D eigenvalue weighted by molar-refractivity contribution is 5.93. The molecule has 5 heteroatoms. The summed E-state index contributed by atoms with van der Waals surface area (Å²) in [5.74, 6) is 0.153. The third-order valence-corrected chi connectivity index (χ3v) is 2.17. The van der Waals surface area contributed by atoms with E-state index in [-0.39, 0.29) is 18.2 Å². The fraction of sp³-hybridized carbons (Fsp3) is 0.455. The fourth-order valence-corrected chi connectivity index (χ4v) is 1.25. The van der Waals surface area contributed by atoms with Crippen LogP contribution in [0.4, 0.5) is 0 Å². The third-order valence-electron chi connectivity index (χ3n) is 2.17. The number of methoxy groups -OCH3 is 1. The number of ether oxygens (including phenoxy) is 1. The van der Waals surface area contributed by atoms with Gasteiger partial charge in [0.25, 0.3) is 5.91 Å². The van der Waals surface area contributed by atoms with Crippen LogP contribution in [0.2, 0.25) is 0 Å². The van der Waals surface area contributed by atoms with Crippen molar-refractivity contribution in [3.05, 3.63) is 23.7 Å². The molecule has 16 heavy (non-hydrogen) atoms. The van der Waals surface area contributed by atoms with Gasteiger partial charge in [-0.25, -0.2) is 0 Å². The minimum absolute atomic E-state index is 0.0639. The molecule has 0 N–H and O–H groups in total. The molecule has 0 unspecified atom stereocenters. The number of amides is 1. The van der Waals surface area contributed by atoms with Gasteiger partial charge in [-0.15, -0.1) is 0 Å².